The number of thioether (sulfide) groups is 1. The highest BCUT2D eigenvalue weighted by atomic mass is 32.2. The van der Waals surface area contributed by atoms with E-state index in [-0.39, 0.29) is 5.82 Å². The van der Waals surface area contributed by atoms with Crippen molar-refractivity contribution in [2.75, 3.05) is 12.8 Å². The molecule has 3 heteroatoms. The van der Waals surface area contributed by atoms with Crippen LogP contribution in [-0.4, -0.2) is 12.8 Å². The van der Waals surface area contributed by atoms with Gasteiger partial charge in [-0.05, 0) is 49.4 Å². The minimum absolute atomic E-state index is 0.133. The Morgan fingerprint density at radius 3 is 3.00 bits per heavy atom. The van der Waals surface area contributed by atoms with E-state index in [4.69, 9.17) is 0 Å². The van der Waals surface area contributed by atoms with Crippen LogP contribution in [0.1, 0.15) is 24.4 Å². The molecule has 0 aromatic heterocycles. The Kier molecular flexibility index (Phi) is 3.08. The highest BCUT2D eigenvalue weighted by Gasteiger charge is 2.19. The topological polar surface area (TPSA) is 12.0 Å². The molecular weight excluding hydrogens is 197 g/mol. The number of hydrogen-bond acceptors (Lipinski definition) is 2. The zero-order chi connectivity index (χ0) is 9.97. The summed E-state index contributed by atoms with van der Waals surface area (Å²) in [5.41, 5.74) is 1.12. The molecule has 1 aromatic rings. The number of benzene rings is 1. The van der Waals surface area contributed by atoms with Crippen molar-refractivity contribution in [3.63, 3.8) is 0 Å². The molecule has 0 amide bonds. The number of halogens is 1. The molecule has 76 valence electrons. The van der Waals surface area contributed by atoms with Crippen LogP contribution in [0.4, 0.5) is 4.39 Å². The predicted molar refractivity (Wildman–Crippen MR) is 58.2 cm³/mol. The minimum atomic E-state index is -0.133. The molecule has 1 aliphatic heterocycles. The zero-order valence-electron chi connectivity index (χ0n) is 8.22. The van der Waals surface area contributed by atoms with Gasteiger partial charge in [-0.2, -0.15) is 0 Å². The number of rotatable bonds is 2. The highest BCUT2D eigenvalue weighted by Crippen LogP contribution is 2.31. The largest absolute Gasteiger partial charge is 0.310 e. The Bertz CT molecular complexity index is 321. The van der Waals surface area contributed by atoms with Crippen molar-refractivity contribution in [2.24, 2.45) is 0 Å². The summed E-state index contributed by atoms with van der Waals surface area (Å²) in [5.74, 6) is -0.133. The zero-order valence-corrected chi connectivity index (χ0v) is 9.03. The standard InChI is InChI=1S/C11H14FNS/c1-14-11-5-4-8(12)7-9(11)10-3-2-6-13-10/h4-5,7,10,13H,2-3,6H2,1H3. The minimum Gasteiger partial charge on any atom is -0.310 e. The first kappa shape index (κ1) is 9.99. The molecule has 1 aromatic carbocycles. The molecule has 0 saturated carbocycles. The van der Waals surface area contributed by atoms with Gasteiger partial charge in [-0.3, -0.25) is 0 Å². The first-order valence-electron chi connectivity index (χ1n) is 4.88. The second-order valence-corrected chi connectivity index (χ2v) is 4.38. The molecule has 1 fully saturated rings. The quantitative estimate of drug-likeness (QED) is 0.755. The van der Waals surface area contributed by atoms with Crippen LogP contribution in [0.15, 0.2) is 23.1 Å². The molecule has 0 spiro atoms. The van der Waals surface area contributed by atoms with Gasteiger partial charge in [0.2, 0.25) is 0 Å². The van der Waals surface area contributed by atoms with Crippen molar-refractivity contribution in [3.05, 3.63) is 29.6 Å². The summed E-state index contributed by atoms with van der Waals surface area (Å²) in [6.45, 7) is 1.05. The van der Waals surface area contributed by atoms with Crippen LogP contribution in [0.3, 0.4) is 0 Å². The Morgan fingerprint density at radius 1 is 1.50 bits per heavy atom. The fraction of sp³-hybridized carbons (Fsp3) is 0.455. The predicted octanol–water partition coefficient (Wildman–Crippen LogP) is 2.97. The lowest BCUT2D eigenvalue weighted by Crippen LogP contribution is -2.13. The molecule has 0 bridgehead atoms. The van der Waals surface area contributed by atoms with E-state index >= 15 is 0 Å². The van der Waals surface area contributed by atoms with Crippen molar-refractivity contribution in [2.45, 2.75) is 23.8 Å². The fourth-order valence-electron chi connectivity index (χ4n) is 1.93. The van der Waals surface area contributed by atoms with E-state index in [9.17, 15) is 4.39 Å². The molecule has 0 radical (unpaired) electrons. The van der Waals surface area contributed by atoms with Crippen LogP contribution >= 0.6 is 11.8 Å². The monoisotopic (exact) mass is 211 g/mol. The molecule has 1 nitrogen and oxygen atoms in total. The SMILES string of the molecule is CSc1ccc(F)cc1C1CCCN1. The molecule has 1 saturated heterocycles. The normalized spacial score (nSPS) is 21.4. The molecule has 1 N–H and O–H groups in total. The summed E-state index contributed by atoms with van der Waals surface area (Å²) in [6, 6.07) is 5.42. The van der Waals surface area contributed by atoms with Crippen LogP contribution in [0.5, 0.6) is 0 Å². The van der Waals surface area contributed by atoms with Gasteiger partial charge >= 0.3 is 0 Å². The van der Waals surface area contributed by atoms with Gasteiger partial charge in [-0.25, -0.2) is 4.39 Å². The van der Waals surface area contributed by atoms with E-state index < -0.39 is 0 Å². The van der Waals surface area contributed by atoms with Gasteiger partial charge < -0.3 is 5.32 Å². The maximum atomic E-state index is 13.1. The van der Waals surface area contributed by atoms with Crippen LogP contribution in [0.2, 0.25) is 0 Å². The van der Waals surface area contributed by atoms with Gasteiger partial charge in [0, 0.05) is 10.9 Å². The first-order valence-corrected chi connectivity index (χ1v) is 6.10. The third-order valence-electron chi connectivity index (χ3n) is 2.63. The Morgan fingerprint density at radius 2 is 2.36 bits per heavy atom. The van der Waals surface area contributed by atoms with Gasteiger partial charge in [0.15, 0.2) is 0 Å². The van der Waals surface area contributed by atoms with Crippen LogP contribution < -0.4 is 5.32 Å². The molecule has 14 heavy (non-hydrogen) atoms. The summed E-state index contributed by atoms with van der Waals surface area (Å²) in [5, 5.41) is 3.39. The molecule has 1 aliphatic rings. The lowest BCUT2D eigenvalue weighted by Gasteiger charge is -2.14. The van der Waals surface area contributed by atoms with E-state index in [1.807, 2.05) is 12.3 Å². The van der Waals surface area contributed by atoms with Crippen molar-refractivity contribution in [3.8, 4) is 0 Å². The fourth-order valence-corrected chi connectivity index (χ4v) is 2.57. The molecule has 1 atom stereocenters. The molecule has 1 heterocycles. The Hall–Kier alpha value is -0.540. The van der Waals surface area contributed by atoms with Gasteiger partial charge in [0.05, 0.1) is 0 Å². The summed E-state index contributed by atoms with van der Waals surface area (Å²) >= 11 is 1.68. The van der Waals surface area contributed by atoms with E-state index in [0.717, 1.165) is 18.5 Å². The third kappa shape index (κ3) is 1.93. The average molecular weight is 211 g/mol. The lowest BCUT2D eigenvalue weighted by atomic mass is 10.1. The maximum Gasteiger partial charge on any atom is 0.123 e. The summed E-state index contributed by atoms with van der Waals surface area (Å²) < 4.78 is 13.1. The number of hydrogen-bond donors (Lipinski definition) is 1. The number of nitrogens with one attached hydrogen (secondary N) is 1. The Labute approximate surface area is 88.1 Å². The van der Waals surface area contributed by atoms with Gasteiger partial charge in [0.1, 0.15) is 5.82 Å². The van der Waals surface area contributed by atoms with Crippen molar-refractivity contribution >= 4 is 11.8 Å². The van der Waals surface area contributed by atoms with Crippen molar-refractivity contribution in [1.29, 1.82) is 0 Å². The Balaban J connectivity index is 2.33. The van der Waals surface area contributed by atoms with Gasteiger partial charge in [-0.1, -0.05) is 0 Å². The first-order chi connectivity index (χ1) is 6.81. The van der Waals surface area contributed by atoms with Crippen LogP contribution in [0.25, 0.3) is 0 Å². The van der Waals surface area contributed by atoms with Gasteiger partial charge in [0.25, 0.3) is 0 Å². The highest BCUT2D eigenvalue weighted by molar-refractivity contribution is 7.98. The molecule has 0 aliphatic carbocycles. The van der Waals surface area contributed by atoms with E-state index in [0.29, 0.717) is 6.04 Å². The smallest absolute Gasteiger partial charge is 0.123 e. The summed E-state index contributed by atoms with van der Waals surface area (Å²) in [7, 11) is 0. The van der Waals surface area contributed by atoms with Crippen LogP contribution in [0, 0.1) is 5.82 Å². The second kappa shape index (κ2) is 4.32. The second-order valence-electron chi connectivity index (χ2n) is 3.54. The lowest BCUT2D eigenvalue weighted by molar-refractivity contribution is 0.599. The summed E-state index contributed by atoms with van der Waals surface area (Å²) in [6.07, 6.45) is 4.34. The van der Waals surface area contributed by atoms with Crippen molar-refractivity contribution < 1.29 is 4.39 Å². The average Bonchev–Trinajstić information content (AvgIpc) is 2.70. The van der Waals surface area contributed by atoms with Crippen LogP contribution in [-0.2, 0) is 0 Å². The van der Waals surface area contributed by atoms with Crippen molar-refractivity contribution in [1.82, 2.24) is 5.32 Å². The van der Waals surface area contributed by atoms with E-state index in [1.165, 1.54) is 17.4 Å². The molecular formula is C11H14FNS. The van der Waals surface area contributed by atoms with E-state index in [2.05, 4.69) is 5.32 Å². The maximum absolute atomic E-state index is 13.1. The molecule has 2 rings (SSSR count). The molecule has 1 unspecified atom stereocenters. The van der Waals surface area contributed by atoms with E-state index in [1.54, 1.807) is 17.8 Å². The van der Waals surface area contributed by atoms with Gasteiger partial charge in [-0.15, -0.1) is 11.8 Å². The summed E-state index contributed by atoms with van der Waals surface area (Å²) in [4.78, 5) is 1.19. The third-order valence-corrected chi connectivity index (χ3v) is 3.44.